The molecule has 0 fully saturated rings. The van der Waals surface area contributed by atoms with E-state index >= 15 is 0 Å². The monoisotopic (exact) mass is 417 g/mol. The van der Waals surface area contributed by atoms with Gasteiger partial charge in [-0.3, -0.25) is 4.79 Å². The molecule has 1 aromatic heterocycles. The number of alkyl carbamates (subject to hydrolysis) is 1. The van der Waals surface area contributed by atoms with Crippen LogP contribution < -0.4 is 5.32 Å². The molecule has 162 valence electrons. The van der Waals surface area contributed by atoms with Gasteiger partial charge in [-0.15, -0.1) is 0 Å². The van der Waals surface area contributed by atoms with Crippen LogP contribution in [0.5, 0.6) is 0 Å². The molecule has 7 nitrogen and oxygen atoms in total. The van der Waals surface area contributed by atoms with Gasteiger partial charge in [0.1, 0.15) is 11.4 Å². The number of hydrogen-bond acceptors (Lipinski definition) is 4. The summed E-state index contributed by atoms with van der Waals surface area (Å²) in [6.07, 6.45) is 3.83. The number of carbonyl (C=O) groups excluding carboxylic acids is 1. The van der Waals surface area contributed by atoms with E-state index in [1.54, 1.807) is 33.2 Å². The number of carboxylic acids is 1. The Kier molecular flexibility index (Phi) is 6.43. The molecule has 1 aliphatic rings. The van der Waals surface area contributed by atoms with Crippen molar-refractivity contribution in [2.75, 3.05) is 6.54 Å². The molecule has 1 amide bonds. The molecule has 1 atom stereocenters. The van der Waals surface area contributed by atoms with Crippen LogP contribution >= 0.6 is 0 Å². The number of halogens is 1. The average Bonchev–Trinajstić information content (AvgIpc) is 3.05. The molecule has 1 aliphatic heterocycles. The number of aryl methyl sites for hydroxylation is 1. The van der Waals surface area contributed by atoms with Gasteiger partial charge in [-0.05, 0) is 70.2 Å². The fourth-order valence-corrected chi connectivity index (χ4v) is 3.70. The lowest BCUT2D eigenvalue weighted by atomic mass is 9.94. The maximum atomic E-state index is 13.5. The fourth-order valence-electron chi connectivity index (χ4n) is 3.70. The Bertz CT molecular complexity index is 933. The number of imidazole rings is 1. The van der Waals surface area contributed by atoms with Gasteiger partial charge in [0.2, 0.25) is 0 Å². The zero-order valence-corrected chi connectivity index (χ0v) is 17.6. The Balaban J connectivity index is 1.60. The maximum Gasteiger partial charge on any atom is 0.407 e. The topological polar surface area (TPSA) is 93.5 Å². The second-order valence-electron chi connectivity index (χ2n) is 8.59. The van der Waals surface area contributed by atoms with Crippen LogP contribution in [0.25, 0.3) is 5.69 Å². The van der Waals surface area contributed by atoms with Crippen LogP contribution in [0.2, 0.25) is 0 Å². The van der Waals surface area contributed by atoms with E-state index in [0.717, 1.165) is 22.6 Å². The standard InChI is InChI=1S/C22H28FN3O4/c1-22(2,3)30-21(29)24-10-4-5-15(20(27)28)12-17-19-8-6-14-11-16(23)7-9-18(14)26(19)13-25-17/h7,9,11,13,15H,4-6,8,10,12H2,1-3H3,(H,24,29)(H,27,28)/t15-/m0/s1. The van der Waals surface area contributed by atoms with E-state index in [1.807, 2.05) is 4.57 Å². The van der Waals surface area contributed by atoms with Crippen LogP contribution in [0, 0.1) is 11.7 Å². The second-order valence-corrected chi connectivity index (χ2v) is 8.59. The number of aromatic nitrogens is 2. The molecule has 3 rings (SSSR count). The van der Waals surface area contributed by atoms with Crippen molar-refractivity contribution in [3.8, 4) is 5.69 Å². The largest absolute Gasteiger partial charge is 0.481 e. The first-order chi connectivity index (χ1) is 14.1. The van der Waals surface area contributed by atoms with Crippen LogP contribution in [0.1, 0.15) is 50.6 Å². The van der Waals surface area contributed by atoms with Gasteiger partial charge in [0.05, 0.1) is 23.6 Å². The number of aliphatic carboxylic acids is 1. The minimum Gasteiger partial charge on any atom is -0.481 e. The van der Waals surface area contributed by atoms with Crippen molar-refractivity contribution >= 4 is 12.1 Å². The first-order valence-corrected chi connectivity index (χ1v) is 10.2. The number of ether oxygens (including phenoxy) is 1. The number of fused-ring (bicyclic) bond motifs is 3. The van der Waals surface area contributed by atoms with Crippen LogP contribution in [-0.2, 0) is 28.8 Å². The predicted molar refractivity (Wildman–Crippen MR) is 109 cm³/mol. The number of benzene rings is 1. The second kappa shape index (κ2) is 8.85. The number of nitrogens with one attached hydrogen (secondary N) is 1. The SMILES string of the molecule is CC(C)(C)OC(=O)NCCC[C@@H](Cc1ncn2c1CCc1cc(F)ccc1-2)C(=O)O. The molecule has 0 aliphatic carbocycles. The van der Waals surface area contributed by atoms with E-state index in [2.05, 4.69) is 10.3 Å². The highest BCUT2D eigenvalue weighted by Gasteiger charge is 2.25. The van der Waals surface area contributed by atoms with E-state index < -0.39 is 23.6 Å². The summed E-state index contributed by atoms with van der Waals surface area (Å²) in [5, 5.41) is 12.3. The fraction of sp³-hybridized carbons (Fsp3) is 0.500. The molecule has 30 heavy (non-hydrogen) atoms. The maximum absolute atomic E-state index is 13.5. The van der Waals surface area contributed by atoms with Gasteiger partial charge in [-0.1, -0.05) is 0 Å². The third-order valence-corrected chi connectivity index (χ3v) is 5.07. The highest BCUT2D eigenvalue weighted by Crippen LogP contribution is 2.28. The minimum absolute atomic E-state index is 0.261. The molecule has 0 spiro atoms. The number of carbonyl (C=O) groups is 2. The van der Waals surface area contributed by atoms with Crippen LogP contribution in [0.3, 0.4) is 0 Å². The first-order valence-electron chi connectivity index (χ1n) is 10.2. The molecular weight excluding hydrogens is 389 g/mol. The summed E-state index contributed by atoms with van der Waals surface area (Å²) in [6.45, 7) is 5.70. The Morgan fingerprint density at radius 1 is 1.33 bits per heavy atom. The third kappa shape index (κ3) is 5.37. The molecular formula is C22H28FN3O4. The molecule has 2 heterocycles. The van der Waals surface area contributed by atoms with E-state index in [0.29, 0.717) is 38.6 Å². The van der Waals surface area contributed by atoms with Crippen molar-refractivity contribution in [3.05, 3.63) is 47.3 Å². The van der Waals surface area contributed by atoms with Crippen molar-refractivity contribution in [2.24, 2.45) is 5.92 Å². The Labute approximate surface area is 175 Å². The van der Waals surface area contributed by atoms with Gasteiger partial charge in [-0.2, -0.15) is 0 Å². The number of carboxylic acid groups (broad SMARTS) is 1. The number of rotatable bonds is 7. The van der Waals surface area contributed by atoms with E-state index in [4.69, 9.17) is 4.74 Å². The molecule has 0 radical (unpaired) electrons. The molecule has 2 aromatic rings. The first kappa shape index (κ1) is 21.8. The van der Waals surface area contributed by atoms with Crippen LogP contribution in [0.4, 0.5) is 9.18 Å². The van der Waals surface area contributed by atoms with Gasteiger partial charge in [0.15, 0.2) is 0 Å². The molecule has 0 unspecified atom stereocenters. The van der Waals surface area contributed by atoms with Crippen molar-refractivity contribution in [2.45, 2.75) is 58.5 Å². The Morgan fingerprint density at radius 3 is 2.80 bits per heavy atom. The average molecular weight is 417 g/mol. The van der Waals surface area contributed by atoms with Crippen molar-refractivity contribution in [3.63, 3.8) is 0 Å². The molecule has 0 saturated carbocycles. The van der Waals surface area contributed by atoms with E-state index in [-0.39, 0.29) is 5.82 Å². The Hall–Kier alpha value is -2.90. The quantitative estimate of drug-likeness (QED) is 0.671. The number of hydrogen-bond donors (Lipinski definition) is 2. The van der Waals surface area contributed by atoms with Crippen LogP contribution in [-0.4, -0.2) is 38.9 Å². The molecule has 2 N–H and O–H groups in total. The minimum atomic E-state index is -0.882. The normalized spacial score (nSPS) is 13.9. The van der Waals surface area contributed by atoms with Crippen molar-refractivity contribution in [1.82, 2.24) is 14.9 Å². The third-order valence-electron chi connectivity index (χ3n) is 5.07. The predicted octanol–water partition coefficient (Wildman–Crippen LogP) is 3.66. The lowest BCUT2D eigenvalue weighted by Crippen LogP contribution is -2.33. The summed E-state index contributed by atoms with van der Waals surface area (Å²) in [5.74, 6) is -1.74. The van der Waals surface area contributed by atoms with Gasteiger partial charge < -0.3 is 19.7 Å². The summed E-state index contributed by atoms with van der Waals surface area (Å²) in [6, 6.07) is 4.69. The number of amides is 1. The van der Waals surface area contributed by atoms with Gasteiger partial charge in [-0.25, -0.2) is 14.2 Å². The lowest BCUT2D eigenvalue weighted by Gasteiger charge is -2.21. The zero-order chi connectivity index (χ0) is 21.9. The van der Waals surface area contributed by atoms with Gasteiger partial charge >= 0.3 is 12.1 Å². The van der Waals surface area contributed by atoms with Crippen molar-refractivity contribution < 1.29 is 23.8 Å². The lowest BCUT2D eigenvalue weighted by molar-refractivity contribution is -0.142. The molecule has 8 heteroatoms. The summed E-state index contributed by atoms with van der Waals surface area (Å²) in [5.41, 5.74) is 2.99. The summed E-state index contributed by atoms with van der Waals surface area (Å²) < 4.78 is 20.6. The van der Waals surface area contributed by atoms with Crippen LogP contribution in [0.15, 0.2) is 24.5 Å². The highest BCUT2D eigenvalue weighted by atomic mass is 19.1. The van der Waals surface area contributed by atoms with Crippen molar-refractivity contribution in [1.29, 1.82) is 0 Å². The number of nitrogens with zero attached hydrogens (tertiary/aromatic N) is 2. The molecule has 1 aromatic carbocycles. The highest BCUT2D eigenvalue weighted by molar-refractivity contribution is 5.70. The van der Waals surface area contributed by atoms with Gasteiger partial charge in [0.25, 0.3) is 0 Å². The van der Waals surface area contributed by atoms with E-state index in [9.17, 15) is 19.1 Å². The smallest absolute Gasteiger partial charge is 0.407 e. The zero-order valence-electron chi connectivity index (χ0n) is 17.6. The summed E-state index contributed by atoms with van der Waals surface area (Å²) in [4.78, 5) is 27.9. The van der Waals surface area contributed by atoms with E-state index in [1.165, 1.54) is 12.1 Å². The summed E-state index contributed by atoms with van der Waals surface area (Å²) >= 11 is 0. The molecule has 0 bridgehead atoms. The molecule has 0 saturated heterocycles. The summed E-state index contributed by atoms with van der Waals surface area (Å²) in [7, 11) is 0. The Morgan fingerprint density at radius 2 is 2.10 bits per heavy atom. The van der Waals surface area contributed by atoms with Gasteiger partial charge in [0, 0.05) is 18.7 Å².